The molecule has 0 bridgehead atoms. The van der Waals surface area contributed by atoms with Crippen LogP contribution < -0.4 is 10.6 Å². The lowest BCUT2D eigenvalue weighted by Crippen LogP contribution is -2.52. The monoisotopic (exact) mass is 527 g/mol. The lowest BCUT2D eigenvalue weighted by atomic mass is 10.0. The summed E-state index contributed by atoms with van der Waals surface area (Å²) in [6.07, 6.45) is -2.41. The Morgan fingerprint density at radius 1 is 1.31 bits per heavy atom. The molecule has 10 heteroatoms. The zero-order valence-corrected chi connectivity index (χ0v) is 19.0. The molecule has 0 spiro atoms. The molecule has 0 saturated carbocycles. The lowest BCUT2D eigenvalue weighted by molar-refractivity contribution is -0.157. The number of hydrogen-bond donors (Lipinski definition) is 2. The highest BCUT2D eigenvalue weighted by molar-refractivity contribution is 14.0. The molecule has 1 saturated heterocycles. The predicted molar refractivity (Wildman–Crippen MR) is 118 cm³/mol. The first-order valence-electron chi connectivity index (χ1n) is 9.31. The van der Waals surface area contributed by atoms with Crippen LogP contribution in [0.15, 0.2) is 35.3 Å². The summed E-state index contributed by atoms with van der Waals surface area (Å²) in [4.78, 5) is 18.9. The molecule has 0 aliphatic carbocycles. The van der Waals surface area contributed by atoms with Gasteiger partial charge in [-0.15, -0.1) is 24.0 Å². The molecule has 1 fully saturated rings. The van der Waals surface area contributed by atoms with E-state index in [0.717, 1.165) is 39.5 Å². The first kappa shape index (κ1) is 25.5. The molecule has 164 valence electrons. The Balaban J connectivity index is 0.00000420. The Labute approximate surface area is 186 Å². The van der Waals surface area contributed by atoms with E-state index in [2.05, 4.69) is 32.7 Å². The van der Waals surface area contributed by atoms with Crippen LogP contribution in [0.1, 0.15) is 18.4 Å². The van der Waals surface area contributed by atoms with Crippen molar-refractivity contribution in [3.05, 3.63) is 35.9 Å². The van der Waals surface area contributed by atoms with Gasteiger partial charge in [-0.05, 0) is 24.9 Å². The quantitative estimate of drug-likeness (QED) is 0.339. The molecular weight excluding hydrogens is 498 g/mol. The molecule has 0 radical (unpaired) electrons. The van der Waals surface area contributed by atoms with Crippen LogP contribution in [0.5, 0.6) is 0 Å². The Morgan fingerprint density at radius 3 is 2.62 bits per heavy atom. The van der Waals surface area contributed by atoms with Gasteiger partial charge < -0.3 is 15.5 Å². The van der Waals surface area contributed by atoms with E-state index in [0.29, 0.717) is 10.9 Å². The van der Waals surface area contributed by atoms with Crippen molar-refractivity contribution in [2.45, 2.75) is 31.6 Å². The van der Waals surface area contributed by atoms with Crippen molar-refractivity contribution >= 4 is 35.8 Å². The number of nitrogens with one attached hydrogen (secondary N) is 2. The van der Waals surface area contributed by atoms with Gasteiger partial charge >= 0.3 is 6.18 Å². The number of benzene rings is 1. The van der Waals surface area contributed by atoms with Gasteiger partial charge in [0, 0.05) is 33.2 Å². The number of guanidine groups is 1. The van der Waals surface area contributed by atoms with Crippen molar-refractivity contribution in [1.82, 2.24) is 20.4 Å². The van der Waals surface area contributed by atoms with E-state index in [-0.39, 0.29) is 36.6 Å². The minimum absolute atomic E-state index is 0. The summed E-state index contributed by atoms with van der Waals surface area (Å²) in [5.41, 5.74) is 1.25. The van der Waals surface area contributed by atoms with Gasteiger partial charge in [0.05, 0.1) is 6.54 Å². The van der Waals surface area contributed by atoms with Crippen molar-refractivity contribution in [3.63, 3.8) is 0 Å². The Bertz CT molecular complexity index is 657. The summed E-state index contributed by atoms with van der Waals surface area (Å²) < 4.78 is 37.1. The Morgan fingerprint density at radius 2 is 2.00 bits per heavy atom. The second kappa shape index (κ2) is 12.2. The van der Waals surface area contributed by atoms with E-state index in [1.165, 1.54) is 5.56 Å². The minimum Gasteiger partial charge on any atom is -0.352 e. The molecule has 1 unspecified atom stereocenters. The first-order chi connectivity index (χ1) is 13.3. The fraction of sp³-hybridized carbons (Fsp3) is 0.579. The van der Waals surface area contributed by atoms with E-state index in [1.807, 2.05) is 18.2 Å². The molecule has 1 aliphatic rings. The number of halogens is 4. The van der Waals surface area contributed by atoms with E-state index in [9.17, 15) is 18.0 Å². The molecule has 1 atom stereocenters. The van der Waals surface area contributed by atoms with Crippen LogP contribution in [0.2, 0.25) is 0 Å². The van der Waals surface area contributed by atoms with Crippen LogP contribution in [0.25, 0.3) is 0 Å². The largest absolute Gasteiger partial charge is 0.406 e. The fourth-order valence-corrected chi connectivity index (χ4v) is 3.20. The summed E-state index contributed by atoms with van der Waals surface area (Å²) in [5.74, 6) is -0.227. The molecule has 6 nitrogen and oxygen atoms in total. The Kier molecular flexibility index (Phi) is 10.7. The highest BCUT2D eigenvalue weighted by atomic mass is 127. The van der Waals surface area contributed by atoms with Gasteiger partial charge in [0.2, 0.25) is 5.91 Å². The normalized spacial score (nSPS) is 18.0. The maximum Gasteiger partial charge on any atom is 0.406 e. The van der Waals surface area contributed by atoms with Crippen molar-refractivity contribution < 1.29 is 18.0 Å². The number of piperidine rings is 1. The van der Waals surface area contributed by atoms with Crippen molar-refractivity contribution in [2.24, 2.45) is 4.99 Å². The van der Waals surface area contributed by atoms with Crippen molar-refractivity contribution in [1.29, 1.82) is 0 Å². The van der Waals surface area contributed by atoms with Crippen LogP contribution in [-0.2, 0) is 11.3 Å². The second-order valence-corrected chi connectivity index (χ2v) is 6.99. The van der Waals surface area contributed by atoms with E-state index in [1.54, 1.807) is 7.05 Å². The Hall–Kier alpha value is -1.56. The number of likely N-dealkylation sites (N-methyl/N-ethyl adjacent to an activating group) is 1. The third-order valence-electron chi connectivity index (χ3n) is 4.57. The van der Waals surface area contributed by atoms with Crippen LogP contribution in [-0.4, -0.2) is 74.2 Å². The van der Waals surface area contributed by atoms with Gasteiger partial charge in [-0.25, -0.2) is 0 Å². The van der Waals surface area contributed by atoms with E-state index in [4.69, 9.17) is 0 Å². The third kappa shape index (κ3) is 9.66. The summed E-state index contributed by atoms with van der Waals surface area (Å²) in [6, 6.07) is 10.4. The topological polar surface area (TPSA) is 60.0 Å². The number of carbonyl (C=O) groups is 1. The summed E-state index contributed by atoms with van der Waals surface area (Å²) in [5, 5.41) is 6.08. The molecule has 1 aliphatic heterocycles. The SMILES string of the molecule is CN=C(NCC(=O)N(C)CC(F)(F)F)NC1CCCN(Cc2ccccc2)C1.I. The molecule has 2 N–H and O–H groups in total. The smallest absolute Gasteiger partial charge is 0.352 e. The number of alkyl halides is 3. The van der Waals surface area contributed by atoms with Crippen LogP contribution in [0.3, 0.4) is 0 Å². The van der Waals surface area contributed by atoms with E-state index < -0.39 is 18.6 Å². The fourth-order valence-electron chi connectivity index (χ4n) is 3.20. The second-order valence-electron chi connectivity index (χ2n) is 6.99. The molecule has 29 heavy (non-hydrogen) atoms. The first-order valence-corrected chi connectivity index (χ1v) is 9.31. The van der Waals surface area contributed by atoms with E-state index >= 15 is 0 Å². The minimum atomic E-state index is -4.41. The van der Waals surface area contributed by atoms with Crippen LogP contribution in [0.4, 0.5) is 13.2 Å². The van der Waals surface area contributed by atoms with Gasteiger partial charge in [0.1, 0.15) is 6.54 Å². The van der Waals surface area contributed by atoms with Gasteiger partial charge in [-0.2, -0.15) is 13.2 Å². The van der Waals surface area contributed by atoms with Gasteiger partial charge in [-0.1, -0.05) is 30.3 Å². The number of rotatable bonds is 6. The standard InChI is InChI=1S/C19H28F3N5O.HI/c1-23-18(24-11-17(28)26(2)14-19(20,21)22)25-16-9-6-10-27(13-16)12-15-7-4-3-5-8-15;/h3-5,7-8,16H,6,9-14H2,1-2H3,(H2,23,24,25);1H. The van der Waals surface area contributed by atoms with Gasteiger partial charge in [0.15, 0.2) is 5.96 Å². The zero-order valence-electron chi connectivity index (χ0n) is 16.7. The summed E-state index contributed by atoms with van der Waals surface area (Å²) in [6.45, 7) is 1.20. The van der Waals surface area contributed by atoms with Crippen LogP contribution in [0, 0.1) is 0 Å². The zero-order chi connectivity index (χ0) is 20.6. The summed E-state index contributed by atoms with van der Waals surface area (Å²) in [7, 11) is 2.71. The average molecular weight is 527 g/mol. The number of amides is 1. The summed E-state index contributed by atoms with van der Waals surface area (Å²) >= 11 is 0. The number of carbonyl (C=O) groups excluding carboxylic acids is 1. The maximum atomic E-state index is 12.4. The number of aliphatic imine (C=N–C) groups is 1. The number of likely N-dealkylation sites (tertiary alicyclic amines) is 1. The predicted octanol–water partition coefficient (Wildman–Crippen LogP) is 2.45. The van der Waals surface area contributed by atoms with Crippen LogP contribution >= 0.6 is 24.0 Å². The van der Waals surface area contributed by atoms with Gasteiger partial charge in [0.25, 0.3) is 0 Å². The highest BCUT2D eigenvalue weighted by Gasteiger charge is 2.31. The molecular formula is C19H29F3IN5O. The van der Waals surface area contributed by atoms with Gasteiger partial charge in [-0.3, -0.25) is 14.7 Å². The number of hydrogen-bond acceptors (Lipinski definition) is 3. The maximum absolute atomic E-state index is 12.4. The lowest BCUT2D eigenvalue weighted by Gasteiger charge is -2.34. The molecule has 0 aromatic heterocycles. The molecule has 1 amide bonds. The molecule has 2 rings (SSSR count). The van der Waals surface area contributed by atoms with Crippen molar-refractivity contribution in [3.8, 4) is 0 Å². The molecule has 1 aromatic rings. The average Bonchev–Trinajstić information content (AvgIpc) is 2.64. The number of nitrogens with zero attached hydrogens (tertiary/aromatic N) is 3. The molecule has 1 heterocycles. The third-order valence-corrected chi connectivity index (χ3v) is 4.57. The van der Waals surface area contributed by atoms with Crippen molar-refractivity contribution in [2.75, 3.05) is 40.3 Å². The molecule has 1 aromatic carbocycles. The highest BCUT2D eigenvalue weighted by Crippen LogP contribution is 2.15.